The van der Waals surface area contributed by atoms with Crippen LogP contribution in [0.3, 0.4) is 0 Å². The molecule has 2 rings (SSSR count). The molecule has 0 unspecified atom stereocenters. The van der Waals surface area contributed by atoms with Gasteiger partial charge >= 0.3 is 0 Å². The highest BCUT2D eigenvalue weighted by Crippen LogP contribution is 2.17. The Kier molecular flexibility index (Phi) is 5.53. The molecule has 0 radical (unpaired) electrons. The SMILES string of the molecule is Cc1ccsc1CN(C)CC(=O)Nc1ccc(S(N)(=O)=O)cc1. The van der Waals surface area contributed by atoms with Gasteiger partial charge in [-0.2, -0.15) is 0 Å². The minimum absolute atomic E-state index is 0.0146. The monoisotopic (exact) mass is 353 g/mol. The van der Waals surface area contributed by atoms with Gasteiger partial charge in [0.1, 0.15) is 0 Å². The Morgan fingerprint density at radius 1 is 1.26 bits per heavy atom. The van der Waals surface area contributed by atoms with Crippen molar-refractivity contribution in [3.63, 3.8) is 0 Å². The average Bonchev–Trinajstić information content (AvgIpc) is 2.83. The quantitative estimate of drug-likeness (QED) is 0.828. The predicted octanol–water partition coefficient (Wildman–Crippen LogP) is 1.77. The predicted molar refractivity (Wildman–Crippen MR) is 91.8 cm³/mol. The highest BCUT2D eigenvalue weighted by Gasteiger charge is 2.11. The van der Waals surface area contributed by atoms with Gasteiger partial charge in [-0.15, -0.1) is 11.3 Å². The number of carbonyl (C=O) groups excluding carboxylic acids is 1. The number of hydrogen-bond donors (Lipinski definition) is 2. The number of sulfonamides is 1. The second-order valence-electron chi connectivity index (χ2n) is 5.32. The maximum absolute atomic E-state index is 12.0. The summed E-state index contributed by atoms with van der Waals surface area (Å²) in [6.45, 7) is 3.00. The molecule has 1 heterocycles. The maximum Gasteiger partial charge on any atom is 0.238 e. The third-order valence-electron chi connectivity index (χ3n) is 3.26. The minimum Gasteiger partial charge on any atom is -0.325 e. The molecule has 1 aromatic carbocycles. The molecule has 2 aromatic rings. The van der Waals surface area contributed by atoms with Crippen molar-refractivity contribution < 1.29 is 13.2 Å². The van der Waals surface area contributed by atoms with Crippen molar-refractivity contribution in [3.8, 4) is 0 Å². The maximum atomic E-state index is 12.0. The Hall–Kier alpha value is -1.74. The van der Waals surface area contributed by atoms with Gasteiger partial charge in [-0.25, -0.2) is 13.6 Å². The molecule has 0 fully saturated rings. The van der Waals surface area contributed by atoms with Crippen molar-refractivity contribution in [2.24, 2.45) is 5.14 Å². The van der Waals surface area contributed by atoms with E-state index in [-0.39, 0.29) is 17.3 Å². The molecule has 6 nitrogen and oxygen atoms in total. The van der Waals surface area contributed by atoms with Gasteiger partial charge in [-0.3, -0.25) is 9.69 Å². The fourth-order valence-corrected chi connectivity index (χ4v) is 3.54. The van der Waals surface area contributed by atoms with E-state index >= 15 is 0 Å². The van der Waals surface area contributed by atoms with Crippen LogP contribution in [-0.2, 0) is 21.4 Å². The summed E-state index contributed by atoms with van der Waals surface area (Å²) in [6.07, 6.45) is 0. The second kappa shape index (κ2) is 7.22. The van der Waals surface area contributed by atoms with E-state index in [4.69, 9.17) is 5.14 Å². The summed E-state index contributed by atoms with van der Waals surface area (Å²) in [6, 6.07) is 7.82. The lowest BCUT2D eigenvalue weighted by molar-refractivity contribution is -0.117. The van der Waals surface area contributed by atoms with Crippen molar-refractivity contribution in [1.82, 2.24) is 4.90 Å². The number of thiophene rings is 1. The van der Waals surface area contributed by atoms with Gasteiger partial charge in [0.25, 0.3) is 0 Å². The molecule has 8 heteroatoms. The topological polar surface area (TPSA) is 92.5 Å². The first-order valence-electron chi connectivity index (χ1n) is 6.90. The van der Waals surface area contributed by atoms with E-state index in [2.05, 4.69) is 11.4 Å². The summed E-state index contributed by atoms with van der Waals surface area (Å²) in [4.78, 5) is 15.2. The molecule has 124 valence electrons. The molecule has 0 bridgehead atoms. The van der Waals surface area contributed by atoms with Crippen LogP contribution in [0.15, 0.2) is 40.6 Å². The lowest BCUT2D eigenvalue weighted by Gasteiger charge is -2.16. The summed E-state index contributed by atoms with van der Waals surface area (Å²) < 4.78 is 22.4. The largest absolute Gasteiger partial charge is 0.325 e. The highest BCUT2D eigenvalue weighted by atomic mass is 32.2. The first kappa shape index (κ1) is 17.6. The molecule has 0 saturated carbocycles. The summed E-state index contributed by atoms with van der Waals surface area (Å²) in [5.74, 6) is -0.162. The molecule has 0 aliphatic rings. The van der Waals surface area contributed by atoms with Gasteiger partial charge in [0.2, 0.25) is 15.9 Å². The molecule has 3 N–H and O–H groups in total. The summed E-state index contributed by atoms with van der Waals surface area (Å²) in [5, 5.41) is 9.80. The number of nitrogens with two attached hydrogens (primary N) is 1. The zero-order valence-electron chi connectivity index (χ0n) is 12.9. The summed E-state index contributed by atoms with van der Waals surface area (Å²) >= 11 is 1.67. The fraction of sp³-hybridized carbons (Fsp3) is 0.267. The van der Waals surface area contributed by atoms with E-state index in [1.54, 1.807) is 11.3 Å². The Morgan fingerprint density at radius 2 is 1.91 bits per heavy atom. The van der Waals surface area contributed by atoms with Crippen LogP contribution in [0.25, 0.3) is 0 Å². The van der Waals surface area contributed by atoms with Gasteiger partial charge in [-0.1, -0.05) is 0 Å². The summed E-state index contributed by atoms with van der Waals surface area (Å²) in [5.41, 5.74) is 1.75. The van der Waals surface area contributed by atoms with Gasteiger partial charge in [0.15, 0.2) is 0 Å². The van der Waals surface area contributed by atoms with E-state index in [1.165, 1.54) is 34.7 Å². The Morgan fingerprint density at radius 3 is 2.43 bits per heavy atom. The molecular formula is C15H19N3O3S2. The first-order chi connectivity index (χ1) is 10.8. The Balaban J connectivity index is 1.90. The van der Waals surface area contributed by atoms with Crippen LogP contribution in [0.4, 0.5) is 5.69 Å². The normalized spacial score (nSPS) is 11.7. The van der Waals surface area contributed by atoms with Crippen LogP contribution in [0.2, 0.25) is 0 Å². The minimum atomic E-state index is -3.72. The number of amides is 1. The van der Waals surface area contributed by atoms with Crippen molar-refractivity contribution in [1.29, 1.82) is 0 Å². The van der Waals surface area contributed by atoms with Crippen molar-refractivity contribution in [2.45, 2.75) is 18.4 Å². The lowest BCUT2D eigenvalue weighted by atomic mass is 10.3. The van der Waals surface area contributed by atoms with Crippen LogP contribution < -0.4 is 10.5 Å². The van der Waals surface area contributed by atoms with Crippen LogP contribution in [0.1, 0.15) is 10.4 Å². The second-order valence-corrected chi connectivity index (χ2v) is 7.88. The number of hydrogen-bond acceptors (Lipinski definition) is 5. The number of carbonyl (C=O) groups is 1. The van der Waals surface area contributed by atoms with Gasteiger partial charge < -0.3 is 5.32 Å². The summed E-state index contributed by atoms with van der Waals surface area (Å²) in [7, 11) is -1.84. The van der Waals surface area contributed by atoms with Gasteiger partial charge in [-0.05, 0) is 55.2 Å². The van der Waals surface area contributed by atoms with Crippen molar-refractivity contribution in [2.75, 3.05) is 18.9 Å². The third kappa shape index (κ3) is 5.14. The Bertz CT molecular complexity index is 783. The first-order valence-corrected chi connectivity index (χ1v) is 9.32. The number of benzene rings is 1. The molecule has 0 aliphatic carbocycles. The fourth-order valence-electron chi connectivity index (χ4n) is 2.04. The Labute approximate surface area is 140 Å². The van der Waals surface area contributed by atoms with Crippen molar-refractivity contribution in [3.05, 3.63) is 46.2 Å². The number of rotatable bonds is 6. The van der Waals surface area contributed by atoms with E-state index in [0.717, 1.165) is 0 Å². The smallest absolute Gasteiger partial charge is 0.238 e. The molecule has 0 aliphatic heterocycles. The van der Waals surface area contributed by atoms with Gasteiger partial charge in [0.05, 0.1) is 11.4 Å². The number of primary sulfonamides is 1. The van der Waals surface area contributed by atoms with E-state index in [0.29, 0.717) is 12.2 Å². The van der Waals surface area contributed by atoms with Crippen LogP contribution >= 0.6 is 11.3 Å². The standard InChI is InChI=1S/C15H19N3O3S2/c1-11-7-8-22-14(11)9-18(2)10-15(19)17-12-3-5-13(6-4-12)23(16,20)21/h3-8H,9-10H2,1-2H3,(H,17,19)(H2,16,20,21). The average molecular weight is 353 g/mol. The van der Waals surface area contributed by atoms with Crippen LogP contribution in [-0.4, -0.2) is 32.8 Å². The highest BCUT2D eigenvalue weighted by molar-refractivity contribution is 7.89. The van der Waals surface area contributed by atoms with E-state index in [1.807, 2.05) is 24.3 Å². The number of anilines is 1. The molecule has 0 atom stereocenters. The van der Waals surface area contributed by atoms with Crippen LogP contribution in [0.5, 0.6) is 0 Å². The van der Waals surface area contributed by atoms with Crippen molar-refractivity contribution >= 4 is 33.0 Å². The van der Waals surface area contributed by atoms with Gasteiger partial charge in [0, 0.05) is 17.1 Å². The number of nitrogens with one attached hydrogen (secondary N) is 1. The molecular weight excluding hydrogens is 334 g/mol. The zero-order chi connectivity index (χ0) is 17.0. The lowest BCUT2D eigenvalue weighted by Crippen LogP contribution is -2.29. The third-order valence-corrected chi connectivity index (χ3v) is 5.20. The number of aryl methyl sites for hydroxylation is 1. The number of nitrogens with zero attached hydrogens (tertiary/aromatic N) is 1. The molecule has 1 amide bonds. The molecule has 0 spiro atoms. The van der Waals surface area contributed by atoms with E-state index < -0.39 is 10.0 Å². The zero-order valence-corrected chi connectivity index (χ0v) is 14.6. The molecule has 23 heavy (non-hydrogen) atoms. The van der Waals surface area contributed by atoms with Crippen LogP contribution in [0, 0.1) is 6.92 Å². The number of likely N-dealkylation sites (N-methyl/N-ethyl adjacent to an activating group) is 1. The van der Waals surface area contributed by atoms with E-state index in [9.17, 15) is 13.2 Å². The molecule has 0 saturated heterocycles. The molecule has 1 aromatic heterocycles.